The molecule has 0 amide bonds. The maximum Gasteiger partial charge on any atom is 0.0236 e. The zero-order valence-corrected chi connectivity index (χ0v) is 11.5. The zero-order chi connectivity index (χ0) is 12.2. The Balaban J connectivity index is 0.000000211. The summed E-state index contributed by atoms with van der Waals surface area (Å²) in [6.45, 7) is 12.7. The van der Waals surface area contributed by atoms with E-state index in [1.165, 1.54) is 45.2 Å². The predicted octanol–water partition coefficient (Wildman–Crippen LogP) is 4.40. The molecule has 1 nitrogen and oxygen atoms in total. The lowest BCUT2D eigenvalue weighted by Crippen LogP contribution is -2.16. The molecular formula is C15H29N. The number of allylic oxidation sites excluding steroid dienone is 1. The zero-order valence-electron chi connectivity index (χ0n) is 11.5. The van der Waals surface area contributed by atoms with E-state index in [4.69, 9.17) is 0 Å². The molecule has 2 saturated heterocycles. The lowest BCUT2D eigenvalue weighted by Gasteiger charge is -2.08. The number of hydrogen-bond acceptors (Lipinski definition) is 1. The molecule has 2 aliphatic rings. The molecule has 0 bridgehead atoms. The summed E-state index contributed by atoms with van der Waals surface area (Å²) in [5.74, 6) is 0. The van der Waals surface area contributed by atoms with E-state index < -0.39 is 0 Å². The molecule has 2 atom stereocenters. The van der Waals surface area contributed by atoms with E-state index in [0.717, 1.165) is 12.5 Å². The fraction of sp³-hybridized carbons (Fsp3) is 0.800. The van der Waals surface area contributed by atoms with Gasteiger partial charge in [0, 0.05) is 19.1 Å². The third-order valence-electron chi connectivity index (χ3n) is 2.88. The third kappa shape index (κ3) is 8.76. The molecule has 2 heterocycles. The lowest BCUT2D eigenvalue weighted by molar-refractivity contribution is 0.382. The fourth-order valence-electron chi connectivity index (χ4n) is 1.54. The van der Waals surface area contributed by atoms with Gasteiger partial charge in [0.05, 0.1) is 0 Å². The first-order valence-electron chi connectivity index (χ1n) is 6.88. The van der Waals surface area contributed by atoms with Crippen LogP contribution in [-0.2, 0) is 0 Å². The first-order valence-corrected chi connectivity index (χ1v) is 6.88. The van der Waals surface area contributed by atoms with Crippen LogP contribution in [0.5, 0.6) is 0 Å². The second kappa shape index (κ2) is 11.0. The minimum atomic E-state index is 1.05. The van der Waals surface area contributed by atoms with Crippen LogP contribution in [0.15, 0.2) is 18.4 Å². The maximum atomic E-state index is 3.37. The average Bonchev–Trinajstić information content (AvgIpc) is 2.86. The second-order valence-corrected chi connectivity index (χ2v) is 4.46. The van der Waals surface area contributed by atoms with Crippen molar-refractivity contribution in [2.45, 2.75) is 65.3 Å². The quantitative estimate of drug-likeness (QED) is 0.388. The first kappa shape index (κ1) is 15.5. The van der Waals surface area contributed by atoms with Gasteiger partial charge in [0.2, 0.25) is 0 Å². The number of unbranched alkanes of at least 4 members (excludes halogenated alkanes) is 3. The molecule has 0 aromatic heterocycles. The van der Waals surface area contributed by atoms with E-state index in [1.54, 1.807) is 0 Å². The van der Waals surface area contributed by atoms with Gasteiger partial charge in [-0.2, -0.15) is 0 Å². The molecular weight excluding hydrogens is 194 g/mol. The normalized spacial score (nSPS) is 23.2. The molecule has 16 heavy (non-hydrogen) atoms. The van der Waals surface area contributed by atoms with Crippen LogP contribution in [-0.4, -0.2) is 24.0 Å². The minimum Gasteiger partial charge on any atom is -0.297 e. The van der Waals surface area contributed by atoms with Crippen molar-refractivity contribution >= 4 is 0 Å². The standard InChI is InChI=1S/C6H14.C5H8.C4H7N/c1-3-5-6-4-2;1-3-5-4-2;1-2-5-3-4(1)5/h3-6H2,1-2H3;5H,1,4H2,2H3;4H,1-3H2. The summed E-state index contributed by atoms with van der Waals surface area (Å²) in [5, 5.41) is 0. The van der Waals surface area contributed by atoms with Gasteiger partial charge in [-0.25, -0.2) is 0 Å². The molecule has 1 heteroatoms. The summed E-state index contributed by atoms with van der Waals surface area (Å²) in [7, 11) is 0. The number of fused-ring (bicyclic) bond motifs is 1. The Morgan fingerprint density at radius 2 is 1.81 bits per heavy atom. The molecule has 2 aliphatic heterocycles. The summed E-state index contributed by atoms with van der Waals surface area (Å²) in [6, 6.07) is 1.06. The molecule has 0 aliphatic carbocycles. The van der Waals surface area contributed by atoms with Crippen molar-refractivity contribution in [2.75, 3.05) is 13.1 Å². The molecule has 0 spiro atoms. The van der Waals surface area contributed by atoms with Crippen molar-refractivity contribution in [3.05, 3.63) is 18.4 Å². The van der Waals surface area contributed by atoms with E-state index in [0.29, 0.717) is 0 Å². The van der Waals surface area contributed by atoms with Crippen molar-refractivity contribution in [1.29, 1.82) is 0 Å². The van der Waals surface area contributed by atoms with Gasteiger partial charge < -0.3 is 0 Å². The molecule has 94 valence electrons. The molecule has 0 N–H and O–H groups in total. The van der Waals surface area contributed by atoms with E-state index in [-0.39, 0.29) is 0 Å². The van der Waals surface area contributed by atoms with Crippen LogP contribution in [0.4, 0.5) is 0 Å². The van der Waals surface area contributed by atoms with Crippen LogP contribution < -0.4 is 0 Å². The van der Waals surface area contributed by atoms with Crippen LogP contribution in [0.2, 0.25) is 0 Å². The van der Waals surface area contributed by atoms with Crippen molar-refractivity contribution in [1.82, 2.24) is 4.90 Å². The Labute approximate surface area is 102 Å². The predicted molar refractivity (Wildman–Crippen MR) is 73.8 cm³/mol. The van der Waals surface area contributed by atoms with Gasteiger partial charge in [-0.1, -0.05) is 53.0 Å². The van der Waals surface area contributed by atoms with Gasteiger partial charge in [-0.15, -0.1) is 5.73 Å². The Morgan fingerprint density at radius 1 is 1.25 bits per heavy atom. The smallest absolute Gasteiger partial charge is 0.0236 e. The van der Waals surface area contributed by atoms with E-state index in [2.05, 4.69) is 38.0 Å². The molecule has 2 fully saturated rings. The minimum absolute atomic E-state index is 1.05. The Kier molecular flexibility index (Phi) is 10.6. The lowest BCUT2D eigenvalue weighted by atomic mass is 10.2. The van der Waals surface area contributed by atoms with Crippen LogP contribution in [0.3, 0.4) is 0 Å². The van der Waals surface area contributed by atoms with Gasteiger partial charge in [-0.3, -0.25) is 4.90 Å². The van der Waals surface area contributed by atoms with Gasteiger partial charge in [-0.05, 0) is 18.9 Å². The largest absolute Gasteiger partial charge is 0.297 e. The number of hydrogen-bond donors (Lipinski definition) is 0. The topological polar surface area (TPSA) is 3.01 Å². The number of nitrogens with zero attached hydrogens (tertiary/aromatic N) is 1. The molecule has 0 aromatic rings. The summed E-state index contributed by atoms with van der Waals surface area (Å²) >= 11 is 0. The molecule has 2 rings (SSSR count). The monoisotopic (exact) mass is 223 g/mol. The summed E-state index contributed by atoms with van der Waals surface area (Å²) in [6.07, 6.45) is 9.96. The Bertz CT molecular complexity index is 176. The summed E-state index contributed by atoms with van der Waals surface area (Å²) in [5.41, 5.74) is 2.64. The van der Waals surface area contributed by atoms with Gasteiger partial charge >= 0.3 is 0 Å². The van der Waals surface area contributed by atoms with Crippen molar-refractivity contribution in [3.63, 3.8) is 0 Å². The van der Waals surface area contributed by atoms with Crippen LogP contribution in [0.25, 0.3) is 0 Å². The van der Waals surface area contributed by atoms with Crippen LogP contribution in [0, 0.1) is 0 Å². The van der Waals surface area contributed by atoms with E-state index >= 15 is 0 Å². The highest BCUT2D eigenvalue weighted by molar-refractivity contribution is 4.98. The molecule has 0 saturated carbocycles. The number of rotatable bonds is 4. The van der Waals surface area contributed by atoms with Gasteiger partial charge in [0.1, 0.15) is 0 Å². The van der Waals surface area contributed by atoms with Crippen molar-refractivity contribution in [2.24, 2.45) is 0 Å². The van der Waals surface area contributed by atoms with Crippen molar-refractivity contribution < 1.29 is 0 Å². The maximum absolute atomic E-state index is 3.37. The van der Waals surface area contributed by atoms with Crippen molar-refractivity contribution in [3.8, 4) is 0 Å². The van der Waals surface area contributed by atoms with Gasteiger partial charge in [0.25, 0.3) is 0 Å². The Hall–Kier alpha value is -0.520. The highest BCUT2D eigenvalue weighted by Gasteiger charge is 2.41. The summed E-state index contributed by atoms with van der Waals surface area (Å²) < 4.78 is 0. The van der Waals surface area contributed by atoms with Crippen LogP contribution in [0.1, 0.15) is 59.3 Å². The highest BCUT2D eigenvalue weighted by Crippen LogP contribution is 2.30. The second-order valence-electron chi connectivity index (χ2n) is 4.46. The SMILES string of the molecule is C1CN2CC12.C=C=CCC.CCCCCC. The molecule has 2 unspecified atom stereocenters. The average molecular weight is 223 g/mol. The molecule has 0 aromatic carbocycles. The molecule has 0 radical (unpaired) electrons. The summed E-state index contributed by atoms with van der Waals surface area (Å²) in [4.78, 5) is 2.47. The Morgan fingerprint density at radius 3 is 1.88 bits per heavy atom. The van der Waals surface area contributed by atoms with Gasteiger partial charge in [0.15, 0.2) is 0 Å². The first-order chi connectivity index (χ1) is 7.79. The van der Waals surface area contributed by atoms with E-state index in [1.807, 2.05) is 6.08 Å². The van der Waals surface area contributed by atoms with E-state index in [9.17, 15) is 0 Å². The highest BCUT2D eigenvalue weighted by atomic mass is 15.4. The van der Waals surface area contributed by atoms with Crippen LogP contribution >= 0.6 is 0 Å². The fourth-order valence-corrected chi connectivity index (χ4v) is 1.54. The third-order valence-corrected chi connectivity index (χ3v) is 2.88.